The van der Waals surface area contributed by atoms with Crippen molar-refractivity contribution in [2.75, 3.05) is 0 Å². The average Bonchev–Trinajstić information content (AvgIpc) is 1.68. The van der Waals surface area contributed by atoms with Crippen LogP contribution in [0.5, 0.6) is 0 Å². The first-order chi connectivity index (χ1) is 3.31. The zero-order chi connectivity index (χ0) is 5.70. The summed E-state index contributed by atoms with van der Waals surface area (Å²) in [7, 11) is 1.58. The minimum Gasteiger partial charge on any atom is -0.0664 e. The topological polar surface area (TPSA) is 0 Å². The monoisotopic (exact) mass is 180 g/mol. The SMILES string of the molecule is CC/C(C)=C\SBr. The van der Waals surface area contributed by atoms with Gasteiger partial charge in [0.1, 0.15) is 0 Å². The molecule has 0 saturated heterocycles. The van der Waals surface area contributed by atoms with Crippen molar-refractivity contribution >= 4 is 25.0 Å². The Morgan fingerprint density at radius 3 is 2.57 bits per heavy atom. The van der Waals surface area contributed by atoms with Gasteiger partial charge in [-0.2, -0.15) is 0 Å². The highest BCUT2D eigenvalue weighted by Gasteiger charge is 1.78. The normalized spacial score (nSPS) is 12.1. The lowest BCUT2D eigenvalue weighted by molar-refractivity contribution is 1.11. The number of allylic oxidation sites excluding steroid dienone is 1. The molecule has 0 saturated carbocycles. The lowest BCUT2D eigenvalue weighted by Gasteiger charge is -1.87. The van der Waals surface area contributed by atoms with Crippen LogP contribution in [0.2, 0.25) is 0 Å². The van der Waals surface area contributed by atoms with Crippen LogP contribution in [-0.4, -0.2) is 0 Å². The van der Waals surface area contributed by atoms with Crippen molar-refractivity contribution in [2.45, 2.75) is 20.3 Å². The second kappa shape index (κ2) is 4.72. The summed E-state index contributed by atoms with van der Waals surface area (Å²) in [5.41, 5.74) is 1.42. The highest BCUT2D eigenvalue weighted by Crippen LogP contribution is 2.15. The van der Waals surface area contributed by atoms with E-state index in [1.54, 1.807) is 10.2 Å². The van der Waals surface area contributed by atoms with Gasteiger partial charge in [-0.1, -0.05) is 22.7 Å². The van der Waals surface area contributed by atoms with E-state index in [4.69, 9.17) is 0 Å². The molecular weight excluding hydrogens is 172 g/mol. The quantitative estimate of drug-likeness (QED) is 0.629. The first kappa shape index (κ1) is 7.57. The maximum atomic E-state index is 3.23. The zero-order valence-electron chi connectivity index (χ0n) is 4.57. The Labute approximate surface area is 56.6 Å². The fourth-order valence-electron chi connectivity index (χ4n) is 0.159. The molecule has 0 unspecified atom stereocenters. The molecule has 0 aromatic rings. The Balaban J connectivity index is 3.29. The van der Waals surface area contributed by atoms with E-state index in [1.165, 1.54) is 5.57 Å². The van der Waals surface area contributed by atoms with Gasteiger partial charge in [0.05, 0.1) is 0 Å². The minimum absolute atomic E-state index is 1.15. The molecule has 2 heteroatoms. The van der Waals surface area contributed by atoms with E-state index in [9.17, 15) is 0 Å². The van der Waals surface area contributed by atoms with E-state index in [-0.39, 0.29) is 0 Å². The van der Waals surface area contributed by atoms with Gasteiger partial charge in [-0.05, 0) is 33.6 Å². The van der Waals surface area contributed by atoms with Crippen LogP contribution in [0.4, 0.5) is 0 Å². The molecule has 0 rings (SSSR count). The average molecular weight is 181 g/mol. The maximum Gasteiger partial charge on any atom is -0.00620 e. The molecule has 0 bridgehead atoms. The van der Waals surface area contributed by atoms with E-state index in [2.05, 4.69) is 34.1 Å². The van der Waals surface area contributed by atoms with Crippen molar-refractivity contribution in [3.8, 4) is 0 Å². The summed E-state index contributed by atoms with van der Waals surface area (Å²) >= 11 is 3.23. The Hall–Kier alpha value is 0.570. The molecule has 0 aliphatic rings. The second-order valence-corrected chi connectivity index (χ2v) is 2.94. The summed E-state index contributed by atoms with van der Waals surface area (Å²) in [6, 6.07) is 0. The van der Waals surface area contributed by atoms with Crippen molar-refractivity contribution in [1.82, 2.24) is 0 Å². The van der Waals surface area contributed by atoms with Crippen molar-refractivity contribution in [3.05, 3.63) is 11.0 Å². The van der Waals surface area contributed by atoms with E-state index in [0.29, 0.717) is 0 Å². The molecule has 0 spiro atoms. The number of rotatable bonds is 2. The third kappa shape index (κ3) is 4.42. The fraction of sp³-hybridized carbons (Fsp3) is 0.600. The fourth-order valence-corrected chi connectivity index (χ4v) is 1.44. The van der Waals surface area contributed by atoms with Gasteiger partial charge in [0.25, 0.3) is 0 Å². The van der Waals surface area contributed by atoms with Crippen molar-refractivity contribution in [2.24, 2.45) is 0 Å². The van der Waals surface area contributed by atoms with Gasteiger partial charge in [0.15, 0.2) is 0 Å². The Morgan fingerprint density at radius 1 is 1.86 bits per heavy atom. The molecule has 42 valence electrons. The summed E-state index contributed by atoms with van der Waals surface area (Å²) in [5.74, 6) is 0. The zero-order valence-corrected chi connectivity index (χ0v) is 6.97. The molecule has 0 N–H and O–H groups in total. The van der Waals surface area contributed by atoms with Gasteiger partial charge in [-0.3, -0.25) is 0 Å². The molecule has 0 atom stereocenters. The third-order valence-corrected chi connectivity index (χ3v) is 1.86. The summed E-state index contributed by atoms with van der Waals surface area (Å²) < 4.78 is 0. The van der Waals surface area contributed by atoms with E-state index in [1.807, 2.05) is 0 Å². The summed E-state index contributed by atoms with van der Waals surface area (Å²) in [4.78, 5) is 0. The standard InChI is InChI=1S/C5H9BrS/c1-3-5(2)4-7-6/h4H,3H2,1-2H3/b5-4-. The van der Waals surface area contributed by atoms with Crippen LogP contribution in [-0.2, 0) is 0 Å². The lowest BCUT2D eigenvalue weighted by atomic mass is 10.3. The second-order valence-electron chi connectivity index (χ2n) is 1.41. The van der Waals surface area contributed by atoms with Gasteiger partial charge in [-0.15, -0.1) is 0 Å². The first-order valence-electron chi connectivity index (χ1n) is 2.24. The number of hydrogen-bond acceptors (Lipinski definition) is 1. The van der Waals surface area contributed by atoms with Crippen molar-refractivity contribution in [1.29, 1.82) is 0 Å². The molecule has 0 amide bonds. The van der Waals surface area contributed by atoms with Crippen LogP contribution in [0.1, 0.15) is 20.3 Å². The molecule has 7 heavy (non-hydrogen) atoms. The number of halogens is 1. The van der Waals surface area contributed by atoms with E-state index < -0.39 is 0 Å². The molecule has 0 radical (unpaired) electrons. The van der Waals surface area contributed by atoms with Crippen LogP contribution in [0, 0.1) is 0 Å². The third-order valence-electron chi connectivity index (χ3n) is 0.803. The van der Waals surface area contributed by atoms with Crippen LogP contribution < -0.4 is 0 Å². The predicted octanol–water partition coefficient (Wildman–Crippen LogP) is 3.34. The summed E-state index contributed by atoms with van der Waals surface area (Å²) in [5, 5.41) is 2.10. The van der Waals surface area contributed by atoms with Crippen LogP contribution in [0.15, 0.2) is 11.0 Å². The van der Waals surface area contributed by atoms with E-state index in [0.717, 1.165) is 6.42 Å². The highest BCUT2D eigenvalue weighted by atomic mass is 79.9. The predicted molar refractivity (Wildman–Crippen MR) is 40.6 cm³/mol. The highest BCUT2D eigenvalue weighted by molar-refractivity contribution is 9.50. The summed E-state index contributed by atoms with van der Waals surface area (Å²) in [6.07, 6.45) is 1.15. The summed E-state index contributed by atoms with van der Waals surface area (Å²) in [6.45, 7) is 4.27. The van der Waals surface area contributed by atoms with Gasteiger partial charge in [0.2, 0.25) is 0 Å². The van der Waals surface area contributed by atoms with Crippen molar-refractivity contribution in [3.63, 3.8) is 0 Å². The van der Waals surface area contributed by atoms with Crippen molar-refractivity contribution < 1.29 is 0 Å². The Kier molecular flexibility index (Phi) is 5.11. The molecule has 0 heterocycles. The van der Waals surface area contributed by atoms with Crippen LogP contribution >= 0.6 is 25.0 Å². The largest absolute Gasteiger partial charge is 0.0664 e. The van der Waals surface area contributed by atoms with Crippen LogP contribution in [0.3, 0.4) is 0 Å². The minimum atomic E-state index is 1.15. The molecule has 0 fully saturated rings. The Bertz CT molecular complexity index is 68.5. The first-order valence-corrected chi connectivity index (χ1v) is 4.96. The van der Waals surface area contributed by atoms with Crippen LogP contribution in [0.25, 0.3) is 0 Å². The van der Waals surface area contributed by atoms with Gasteiger partial charge in [-0.25, -0.2) is 0 Å². The molecule has 0 aromatic carbocycles. The number of hydrogen-bond donors (Lipinski definition) is 0. The Morgan fingerprint density at radius 2 is 2.43 bits per heavy atom. The molecule has 0 aliphatic carbocycles. The molecular formula is C5H9BrS. The van der Waals surface area contributed by atoms with E-state index >= 15 is 0 Å². The molecule has 0 aliphatic heterocycles. The van der Waals surface area contributed by atoms with Gasteiger partial charge in [0, 0.05) is 0 Å². The maximum absolute atomic E-state index is 3.23. The smallest absolute Gasteiger partial charge is 0.00620 e. The van der Waals surface area contributed by atoms with Gasteiger partial charge >= 0.3 is 0 Å². The lowest BCUT2D eigenvalue weighted by Crippen LogP contribution is -1.63. The molecule has 0 nitrogen and oxygen atoms in total. The van der Waals surface area contributed by atoms with Gasteiger partial charge < -0.3 is 0 Å². The molecule has 0 aromatic heterocycles.